The molecule has 20 heavy (non-hydrogen) atoms. The fourth-order valence-corrected chi connectivity index (χ4v) is 3.43. The molecule has 0 radical (unpaired) electrons. The smallest absolute Gasteiger partial charge is 0.242 e. The normalized spacial score (nSPS) is 17.9. The van der Waals surface area contributed by atoms with Crippen LogP contribution in [0.5, 0.6) is 5.88 Å². The summed E-state index contributed by atoms with van der Waals surface area (Å²) in [6.07, 6.45) is 2.08. The number of rotatable bonds is 4. The van der Waals surface area contributed by atoms with Crippen molar-refractivity contribution in [3.8, 4) is 5.88 Å². The number of hydrogen-bond acceptors (Lipinski definition) is 5. The molecule has 0 aromatic carbocycles. The number of pyridine rings is 1. The van der Waals surface area contributed by atoms with Gasteiger partial charge in [0.2, 0.25) is 21.8 Å². The Morgan fingerprint density at radius 2 is 2.25 bits per heavy atom. The predicted molar refractivity (Wildman–Crippen MR) is 74.2 cm³/mol. The van der Waals surface area contributed by atoms with Gasteiger partial charge in [0.15, 0.2) is 0 Å². The third-order valence-corrected chi connectivity index (χ3v) is 5.11. The highest BCUT2D eigenvalue weighted by Gasteiger charge is 2.30. The molecule has 1 aromatic rings. The quantitative estimate of drug-likeness (QED) is 0.787. The lowest BCUT2D eigenvalue weighted by atomic mass is 10.3. The summed E-state index contributed by atoms with van der Waals surface area (Å²) in [6, 6.07) is 3.34. The maximum atomic E-state index is 12.1. The lowest BCUT2D eigenvalue weighted by Gasteiger charge is -2.20. The number of nitrogens with zero attached hydrogens (tertiary/aromatic N) is 3. The average molecular weight is 299 g/mol. The first-order valence-electron chi connectivity index (χ1n) is 6.18. The van der Waals surface area contributed by atoms with Gasteiger partial charge in [-0.2, -0.15) is 4.31 Å². The van der Waals surface area contributed by atoms with Crippen molar-refractivity contribution in [3.05, 3.63) is 18.3 Å². The second-order valence-electron chi connectivity index (χ2n) is 4.51. The Hall–Kier alpha value is -1.67. The summed E-state index contributed by atoms with van der Waals surface area (Å²) >= 11 is 0. The molecule has 0 saturated carbocycles. The molecule has 110 valence electrons. The molecule has 1 saturated heterocycles. The van der Waals surface area contributed by atoms with Gasteiger partial charge in [0.25, 0.3) is 0 Å². The number of carbonyl (C=O) groups is 1. The predicted octanol–water partition coefficient (Wildman–Crippen LogP) is 0.0885. The van der Waals surface area contributed by atoms with E-state index in [0.29, 0.717) is 24.5 Å². The number of aromatic nitrogens is 1. The van der Waals surface area contributed by atoms with Crippen LogP contribution in [0, 0.1) is 0 Å². The van der Waals surface area contributed by atoms with Gasteiger partial charge in [0.05, 0.1) is 31.3 Å². The fraction of sp³-hybridized carbons (Fsp3) is 0.500. The topological polar surface area (TPSA) is 79.8 Å². The van der Waals surface area contributed by atoms with Crippen LogP contribution in [0.4, 0.5) is 5.69 Å². The Bertz CT molecular complexity index is 585. The lowest BCUT2D eigenvalue weighted by molar-refractivity contribution is -0.118. The van der Waals surface area contributed by atoms with Gasteiger partial charge in [-0.25, -0.2) is 13.4 Å². The first kappa shape index (κ1) is 14.7. The summed E-state index contributed by atoms with van der Waals surface area (Å²) in [5.41, 5.74) is 0.590. The van der Waals surface area contributed by atoms with Crippen LogP contribution in [-0.4, -0.2) is 56.6 Å². The zero-order valence-corrected chi connectivity index (χ0v) is 12.3. The molecule has 8 heteroatoms. The lowest BCUT2D eigenvalue weighted by Crippen LogP contribution is -2.39. The number of methoxy groups -OCH3 is 1. The van der Waals surface area contributed by atoms with Crippen molar-refractivity contribution in [2.24, 2.45) is 0 Å². The summed E-state index contributed by atoms with van der Waals surface area (Å²) in [7, 11) is -0.158. The summed E-state index contributed by atoms with van der Waals surface area (Å²) < 4.78 is 29.5. The summed E-state index contributed by atoms with van der Waals surface area (Å²) in [4.78, 5) is 17.5. The molecule has 1 fully saturated rings. The van der Waals surface area contributed by atoms with Crippen LogP contribution in [0.25, 0.3) is 0 Å². The van der Waals surface area contributed by atoms with E-state index < -0.39 is 10.0 Å². The number of carbonyl (C=O) groups excluding carboxylic acids is 1. The van der Waals surface area contributed by atoms with Crippen LogP contribution in [0.3, 0.4) is 0 Å². The van der Waals surface area contributed by atoms with E-state index in [-0.39, 0.29) is 18.2 Å². The largest absolute Gasteiger partial charge is 0.481 e. The molecule has 0 unspecified atom stereocenters. The molecule has 0 bridgehead atoms. The van der Waals surface area contributed by atoms with E-state index in [2.05, 4.69) is 4.98 Å². The number of amides is 1. The van der Waals surface area contributed by atoms with Crippen molar-refractivity contribution < 1.29 is 17.9 Å². The molecular formula is C12H17N3O4S. The highest BCUT2D eigenvalue weighted by Crippen LogP contribution is 2.17. The van der Waals surface area contributed by atoms with Crippen LogP contribution in [0.2, 0.25) is 0 Å². The number of ether oxygens (including phenoxy) is 1. The zero-order valence-electron chi connectivity index (χ0n) is 11.4. The third-order valence-electron chi connectivity index (χ3n) is 3.21. The van der Waals surface area contributed by atoms with Crippen LogP contribution >= 0.6 is 0 Å². The molecule has 0 atom stereocenters. The minimum atomic E-state index is -3.26. The van der Waals surface area contributed by atoms with Gasteiger partial charge in [0, 0.05) is 19.7 Å². The van der Waals surface area contributed by atoms with Gasteiger partial charge < -0.3 is 9.64 Å². The molecule has 1 amide bonds. The number of hydrogen-bond donors (Lipinski definition) is 0. The van der Waals surface area contributed by atoms with Crippen molar-refractivity contribution in [1.82, 2.24) is 9.29 Å². The van der Waals surface area contributed by atoms with E-state index in [1.807, 2.05) is 0 Å². The second-order valence-corrected chi connectivity index (χ2v) is 6.60. The first-order chi connectivity index (χ1) is 9.44. The monoisotopic (exact) mass is 299 g/mol. The molecule has 0 N–H and O–H groups in total. The maximum absolute atomic E-state index is 12.1. The van der Waals surface area contributed by atoms with E-state index in [1.165, 1.54) is 22.5 Å². The number of likely N-dealkylation sites (N-methyl/N-ethyl adjacent to an activating group) is 1. The maximum Gasteiger partial charge on any atom is 0.242 e. The molecule has 1 aliphatic heterocycles. The molecular weight excluding hydrogens is 282 g/mol. The van der Waals surface area contributed by atoms with E-state index in [0.717, 1.165) is 0 Å². The fourth-order valence-electron chi connectivity index (χ4n) is 1.96. The summed E-state index contributed by atoms with van der Waals surface area (Å²) in [5, 5.41) is 0. The molecule has 7 nitrogen and oxygen atoms in total. The van der Waals surface area contributed by atoms with Crippen LogP contribution in [-0.2, 0) is 14.8 Å². The number of anilines is 1. The summed E-state index contributed by atoms with van der Waals surface area (Å²) in [6.45, 7) is 0.271. The Labute approximate surface area is 118 Å². The average Bonchev–Trinajstić information content (AvgIpc) is 2.77. The van der Waals surface area contributed by atoms with Gasteiger partial charge in [-0.1, -0.05) is 0 Å². The molecule has 1 aromatic heterocycles. The van der Waals surface area contributed by atoms with E-state index >= 15 is 0 Å². The first-order valence-corrected chi connectivity index (χ1v) is 7.79. The Balaban J connectivity index is 2.04. The molecule has 2 rings (SSSR count). The molecule has 2 heterocycles. The summed E-state index contributed by atoms with van der Waals surface area (Å²) in [5.74, 6) is 0.285. The third kappa shape index (κ3) is 3.07. The molecule has 0 aliphatic carbocycles. The van der Waals surface area contributed by atoms with Crippen molar-refractivity contribution in [1.29, 1.82) is 0 Å². The van der Waals surface area contributed by atoms with Gasteiger partial charge in [0.1, 0.15) is 0 Å². The SMILES string of the molecule is COc1ccc(N(C)C(=O)CN2CCCS2(=O)=O)cn1. The molecule has 1 aliphatic rings. The standard InChI is InChI=1S/C12H17N3O4S/c1-14(10-4-5-11(19-2)13-8-10)12(16)9-15-6-3-7-20(15,17)18/h4-5,8H,3,6-7,9H2,1-2H3. The van der Waals surface area contributed by atoms with Crippen LogP contribution in [0.1, 0.15) is 6.42 Å². The Morgan fingerprint density at radius 1 is 1.50 bits per heavy atom. The van der Waals surface area contributed by atoms with E-state index in [9.17, 15) is 13.2 Å². The molecule has 0 spiro atoms. The number of sulfonamides is 1. The minimum absolute atomic E-state index is 0.119. The van der Waals surface area contributed by atoms with Gasteiger partial charge in [-0.3, -0.25) is 4.79 Å². The minimum Gasteiger partial charge on any atom is -0.481 e. The van der Waals surface area contributed by atoms with E-state index in [1.54, 1.807) is 19.2 Å². The highest BCUT2D eigenvalue weighted by molar-refractivity contribution is 7.89. The van der Waals surface area contributed by atoms with Crippen molar-refractivity contribution in [2.75, 3.05) is 37.9 Å². The van der Waals surface area contributed by atoms with Gasteiger partial charge in [-0.05, 0) is 12.5 Å². The van der Waals surface area contributed by atoms with Gasteiger partial charge in [-0.15, -0.1) is 0 Å². The highest BCUT2D eigenvalue weighted by atomic mass is 32.2. The van der Waals surface area contributed by atoms with Crippen LogP contribution in [0.15, 0.2) is 18.3 Å². The van der Waals surface area contributed by atoms with Crippen molar-refractivity contribution >= 4 is 21.6 Å². The van der Waals surface area contributed by atoms with Gasteiger partial charge >= 0.3 is 0 Å². The van der Waals surface area contributed by atoms with Crippen molar-refractivity contribution in [3.63, 3.8) is 0 Å². The second kappa shape index (κ2) is 5.76. The van der Waals surface area contributed by atoms with Crippen LogP contribution < -0.4 is 9.64 Å². The Morgan fingerprint density at radius 3 is 2.75 bits per heavy atom. The van der Waals surface area contributed by atoms with Crippen molar-refractivity contribution in [2.45, 2.75) is 6.42 Å². The van der Waals surface area contributed by atoms with E-state index in [4.69, 9.17) is 4.74 Å². The zero-order chi connectivity index (χ0) is 14.8. The Kier molecular flexibility index (Phi) is 4.24.